The summed E-state index contributed by atoms with van der Waals surface area (Å²) in [4.78, 5) is 21.0. The first kappa shape index (κ1) is 23.9. The quantitative estimate of drug-likeness (QED) is 0.253. The second-order valence-corrected chi connectivity index (χ2v) is 9.67. The molecule has 1 fully saturated rings. The number of fused-ring (bicyclic) bond motifs is 1. The van der Waals surface area contributed by atoms with Gasteiger partial charge in [0, 0.05) is 11.9 Å². The van der Waals surface area contributed by atoms with Gasteiger partial charge in [0.15, 0.2) is 5.17 Å². The van der Waals surface area contributed by atoms with Gasteiger partial charge in [0.05, 0.1) is 17.2 Å². The fourth-order valence-corrected chi connectivity index (χ4v) is 5.26. The van der Waals surface area contributed by atoms with E-state index in [1.54, 1.807) is 4.90 Å². The van der Waals surface area contributed by atoms with E-state index in [4.69, 9.17) is 9.73 Å². The number of aliphatic imine (C=N–C) groups is 1. The molecule has 0 bridgehead atoms. The summed E-state index contributed by atoms with van der Waals surface area (Å²) in [5.74, 6) is 0.839. The van der Waals surface area contributed by atoms with E-state index in [0.717, 1.165) is 34.2 Å². The van der Waals surface area contributed by atoms with Gasteiger partial charge in [-0.05, 0) is 72.8 Å². The number of hydrogen-bond acceptors (Lipinski definition) is 4. The first-order valence-corrected chi connectivity index (χ1v) is 13.0. The van der Waals surface area contributed by atoms with E-state index < -0.39 is 0 Å². The Bertz CT molecular complexity index is 1440. The second kappa shape index (κ2) is 10.8. The van der Waals surface area contributed by atoms with Crippen LogP contribution in [0.5, 0.6) is 5.75 Å². The molecule has 5 rings (SSSR count). The van der Waals surface area contributed by atoms with Gasteiger partial charge in [-0.25, -0.2) is 4.99 Å². The summed E-state index contributed by atoms with van der Waals surface area (Å²) in [5.41, 5.74) is 4.20. The molecular formula is C31H28N2O2S. The van der Waals surface area contributed by atoms with Gasteiger partial charge >= 0.3 is 0 Å². The molecular weight excluding hydrogens is 464 g/mol. The molecule has 0 radical (unpaired) electrons. The highest BCUT2D eigenvalue weighted by molar-refractivity contribution is 8.18. The van der Waals surface area contributed by atoms with Crippen molar-refractivity contribution in [1.82, 2.24) is 4.90 Å². The van der Waals surface area contributed by atoms with Crippen LogP contribution in [0, 0.1) is 6.92 Å². The van der Waals surface area contributed by atoms with Crippen LogP contribution in [0.25, 0.3) is 16.8 Å². The summed E-state index contributed by atoms with van der Waals surface area (Å²) < 4.78 is 5.83. The van der Waals surface area contributed by atoms with Gasteiger partial charge in [-0.2, -0.15) is 0 Å². The topological polar surface area (TPSA) is 41.9 Å². The predicted molar refractivity (Wildman–Crippen MR) is 151 cm³/mol. The summed E-state index contributed by atoms with van der Waals surface area (Å²) in [5, 5.41) is 2.81. The molecule has 0 aromatic heterocycles. The molecule has 0 atom stereocenters. The van der Waals surface area contributed by atoms with Gasteiger partial charge in [-0.1, -0.05) is 78.4 Å². The third-order valence-corrected chi connectivity index (χ3v) is 7.12. The number of nitrogens with zero attached hydrogens (tertiary/aromatic N) is 2. The largest absolute Gasteiger partial charge is 0.493 e. The van der Waals surface area contributed by atoms with Crippen LogP contribution >= 0.6 is 11.8 Å². The van der Waals surface area contributed by atoms with Crippen LogP contribution in [0.3, 0.4) is 0 Å². The standard InChI is InChI=1S/C31H28N2O2S/c1-3-35-28-18-15-24(26-11-7-8-12-27(26)28)21-29-30(34)33(20-19-23-9-5-4-6-10-23)31(36-29)32-25-16-13-22(2)14-17-25/h4-18,21H,3,19-20H2,1-2H3/b29-21+,32-31?. The van der Waals surface area contributed by atoms with Gasteiger partial charge in [-0.15, -0.1) is 0 Å². The molecule has 0 aliphatic carbocycles. The van der Waals surface area contributed by atoms with E-state index in [0.29, 0.717) is 23.2 Å². The van der Waals surface area contributed by atoms with E-state index >= 15 is 0 Å². The summed E-state index contributed by atoms with van der Waals surface area (Å²) in [6, 6.07) is 30.5. The Morgan fingerprint density at radius 1 is 0.889 bits per heavy atom. The highest BCUT2D eigenvalue weighted by Gasteiger charge is 2.33. The predicted octanol–water partition coefficient (Wildman–Crippen LogP) is 7.39. The number of benzene rings is 4. The van der Waals surface area contributed by atoms with Crippen LogP contribution in [0.1, 0.15) is 23.6 Å². The third kappa shape index (κ3) is 5.21. The fourth-order valence-electron chi connectivity index (χ4n) is 4.25. The average molecular weight is 493 g/mol. The molecule has 1 aliphatic heterocycles. The molecule has 1 heterocycles. The second-order valence-electron chi connectivity index (χ2n) is 8.66. The summed E-state index contributed by atoms with van der Waals surface area (Å²) in [6.45, 7) is 5.21. The number of amides is 1. The molecule has 4 nitrogen and oxygen atoms in total. The summed E-state index contributed by atoms with van der Waals surface area (Å²) in [7, 11) is 0. The Morgan fingerprint density at radius 3 is 2.36 bits per heavy atom. The van der Waals surface area contributed by atoms with Crippen LogP contribution in [-0.2, 0) is 11.2 Å². The van der Waals surface area contributed by atoms with E-state index in [1.807, 2.05) is 79.7 Å². The smallest absolute Gasteiger partial charge is 0.266 e. The maximum Gasteiger partial charge on any atom is 0.266 e. The number of carbonyl (C=O) groups excluding carboxylic acids is 1. The van der Waals surface area contributed by atoms with Crippen LogP contribution in [0.4, 0.5) is 5.69 Å². The van der Waals surface area contributed by atoms with Gasteiger partial charge in [0.25, 0.3) is 5.91 Å². The normalized spacial score (nSPS) is 15.8. The van der Waals surface area contributed by atoms with Crippen molar-refractivity contribution in [3.05, 3.63) is 113 Å². The molecule has 4 aromatic rings. The van der Waals surface area contributed by atoms with Crippen LogP contribution in [-0.4, -0.2) is 29.1 Å². The molecule has 180 valence electrons. The maximum atomic E-state index is 13.6. The maximum absolute atomic E-state index is 13.6. The molecule has 1 amide bonds. The highest BCUT2D eigenvalue weighted by atomic mass is 32.2. The van der Waals surface area contributed by atoms with Crippen LogP contribution in [0.15, 0.2) is 101 Å². The number of rotatable bonds is 7. The SMILES string of the molecule is CCOc1ccc(/C=C2/SC(=Nc3ccc(C)cc3)N(CCc3ccccc3)C2=O)c2ccccc12. The van der Waals surface area contributed by atoms with Crippen molar-refractivity contribution in [3.8, 4) is 5.75 Å². The molecule has 1 aliphatic rings. The average Bonchev–Trinajstić information content (AvgIpc) is 3.19. The van der Waals surface area contributed by atoms with Crippen molar-refractivity contribution in [2.24, 2.45) is 4.99 Å². The Labute approximate surface area is 216 Å². The Morgan fingerprint density at radius 2 is 1.61 bits per heavy atom. The zero-order valence-corrected chi connectivity index (χ0v) is 21.3. The van der Waals surface area contributed by atoms with Crippen molar-refractivity contribution < 1.29 is 9.53 Å². The Hall–Kier alpha value is -3.83. The number of carbonyl (C=O) groups is 1. The summed E-state index contributed by atoms with van der Waals surface area (Å²) >= 11 is 1.44. The van der Waals surface area contributed by atoms with Gasteiger partial charge in [-0.3, -0.25) is 9.69 Å². The molecule has 0 spiro atoms. The number of amidine groups is 1. The van der Waals surface area contributed by atoms with E-state index in [9.17, 15) is 4.79 Å². The van der Waals surface area contributed by atoms with Crippen molar-refractivity contribution >= 4 is 45.4 Å². The molecule has 5 heteroatoms. The summed E-state index contributed by atoms with van der Waals surface area (Å²) in [6.07, 6.45) is 2.75. The van der Waals surface area contributed by atoms with Gasteiger partial charge in [0.2, 0.25) is 0 Å². The van der Waals surface area contributed by atoms with E-state index in [2.05, 4.69) is 31.2 Å². The molecule has 0 saturated carbocycles. The van der Waals surface area contributed by atoms with Crippen molar-refractivity contribution in [1.29, 1.82) is 0 Å². The lowest BCUT2D eigenvalue weighted by Crippen LogP contribution is -2.31. The molecule has 1 saturated heterocycles. The van der Waals surface area contributed by atoms with Crippen molar-refractivity contribution in [2.45, 2.75) is 20.3 Å². The van der Waals surface area contributed by atoms with Crippen molar-refractivity contribution in [3.63, 3.8) is 0 Å². The number of hydrogen-bond donors (Lipinski definition) is 0. The minimum absolute atomic E-state index is 0.0141. The molecule has 0 N–H and O–H groups in total. The highest BCUT2D eigenvalue weighted by Crippen LogP contribution is 2.37. The lowest BCUT2D eigenvalue weighted by Gasteiger charge is -2.15. The molecule has 4 aromatic carbocycles. The zero-order chi connectivity index (χ0) is 24.9. The van der Waals surface area contributed by atoms with Gasteiger partial charge in [0.1, 0.15) is 5.75 Å². The van der Waals surface area contributed by atoms with Crippen LogP contribution in [0.2, 0.25) is 0 Å². The minimum Gasteiger partial charge on any atom is -0.493 e. The van der Waals surface area contributed by atoms with E-state index in [-0.39, 0.29) is 5.91 Å². The zero-order valence-electron chi connectivity index (χ0n) is 20.5. The lowest BCUT2D eigenvalue weighted by atomic mass is 10.0. The number of thioether (sulfide) groups is 1. The minimum atomic E-state index is -0.0141. The first-order chi connectivity index (χ1) is 17.6. The van der Waals surface area contributed by atoms with Crippen molar-refractivity contribution in [2.75, 3.05) is 13.2 Å². The Balaban J connectivity index is 1.51. The molecule has 0 unspecified atom stereocenters. The Kier molecular flexibility index (Phi) is 7.19. The lowest BCUT2D eigenvalue weighted by molar-refractivity contribution is -0.122. The first-order valence-electron chi connectivity index (χ1n) is 12.2. The number of ether oxygens (including phenoxy) is 1. The van der Waals surface area contributed by atoms with Crippen LogP contribution < -0.4 is 4.74 Å². The monoisotopic (exact) mass is 492 g/mol. The molecule has 36 heavy (non-hydrogen) atoms. The van der Waals surface area contributed by atoms with E-state index in [1.165, 1.54) is 22.9 Å². The fraction of sp³-hybridized carbons (Fsp3) is 0.161. The van der Waals surface area contributed by atoms with Gasteiger partial charge < -0.3 is 4.74 Å². The third-order valence-electron chi connectivity index (χ3n) is 6.12. The number of aryl methyl sites for hydroxylation is 1.